The summed E-state index contributed by atoms with van der Waals surface area (Å²) in [5, 5.41) is 9.22. The Morgan fingerprint density at radius 3 is 2.50 bits per heavy atom. The molecule has 1 aliphatic rings. The maximum atomic E-state index is 9.22. The Labute approximate surface area is 77.2 Å². The lowest BCUT2D eigenvalue weighted by Gasteiger charge is -2.18. The molecule has 0 aromatic rings. The van der Waals surface area contributed by atoms with Crippen LogP contribution in [0.5, 0.6) is 0 Å². The van der Waals surface area contributed by atoms with Crippen molar-refractivity contribution in [2.75, 3.05) is 0 Å². The van der Waals surface area contributed by atoms with Crippen LogP contribution in [0.25, 0.3) is 0 Å². The predicted molar refractivity (Wildman–Crippen MR) is 54.3 cm³/mol. The molecule has 1 unspecified atom stereocenters. The lowest BCUT2D eigenvalue weighted by Crippen LogP contribution is -2.23. The zero-order valence-corrected chi connectivity index (χ0v) is 6.34. The van der Waals surface area contributed by atoms with Crippen LogP contribution in [0.15, 0.2) is 0 Å². The lowest BCUT2D eigenvalue weighted by molar-refractivity contribution is 0.240. The Kier molecular flexibility index (Phi) is 9.10. The highest BCUT2D eigenvalue weighted by atomic mass is 16.3. The van der Waals surface area contributed by atoms with E-state index in [4.69, 9.17) is 5.73 Å². The molecule has 2 nitrogen and oxygen atoms in total. The van der Waals surface area contributed by atoms with E-state index in [1.54, 1.807) is 0 Å². The molecule has 0 aliphatic heterocycles. The van der Waals surface area contributed by atoms with Crippen LogP contribution in [-0.2, 0) is 0 Å². The summed E-state index contributed by atoms with van der Waals surface area (Å²) >= 11 is 0. The molecule has 0 amide bonds. The summed E-state index contributed by atoms with van der Waals surface area (Å²) in [5.74, 6) is 0. The van der Waals surface area contributed by atoms with Crippen molar-refractivity contribution in [3.05, 3.63) is 6.10 Å². The minimum atomic E-state index is 0. The normalized spacial score (nSPS) is 26.0. The second kappa shape index (κ2) is 7.56. The van der Waals surface area contributed by atoms with E-state index < -0.39 is 0 Å². The first-order chi connectivity index (χ1) is 4.79. The predicted octanol–water partition coefficient (Wildman–Crippen LogP) is 2.84. The maximum Gasteiger partial charge on any atom is 0.0948 e. The van der Waals surface area contributed by atoms with Crippen molar-refractivity contribution in [3.63, 3.8) is 0 Å². The standard InChI is InChI=1S/C8H16NO.2CH4/c9-7-4-2-1-3-5-8(10)6-7;;/h7,10H,1-6,9H2;2*1H4. The van der Waals surface area contributed by atoms with Gasteiger partial charge in [-0.1, -0.05) is 34.1 Å². The number of rotatable bonds is 0. The highest BCUT2D eigenvalue weighted by Crippen LogP contribution is 2.20. The fourth-order valence-corrected chi connectivity index (χ4v) is 1.42. The van der Waals surface area contributed by atoms with E-state index in [9.17, 15) is 5.11 Å². The van der Waals surface area contributed by atoms with Gasteiger partial charge in [-0.25, -0.2) is 0 Å². The summed E-state index contributed by atoms with van der Waals surface area (Å²) in [7, 11) is 0. The van der Waals surface area contributed by atoms with E-state index in [1.807, 2.05) is 0 Å². The Balaban J connectivity index is 0. The van der Waals surface area contributed by atoms with Crippen LogP contribution in [-0.4, -0.2) is 11.1 Å². The fraction of sp³-hybridized carbons (Fsp3) is 0.900. The van der Waals surface area contributed by atoms with Gasteiger partial charge in [-0.15, -0.1) is 0 Å². The SMILES string of the molecule is C.C.NC1CCCCC[C](O)C1. The van der Waals surface area contributed by atoms with Gasteiger partial charge in [-0.05, 0) is 19.3 Å². The van der Waals surface area contributed by atoms with E-state index >= 15 is 0 Å². The largest absolute Gasteiger partial charge is 0.387 e. The molecule has 0 aromatic carbocycles. The van der Waals surface area contributed by atoms with Crippen LogP contribution in [0.2, 0.25) is 0 Å². The Bertz CT molecular complexity index is 85.8. The molecule has 1 saturated carbocycles. The number of nitrogens with two attached hydrogens (primary N) is 1. The van der Waals surface area contributed by atoms with Crippen LogP contribution < -0.4 is 5.73 Å². The van der Waals surface area contributed by atoms with Gasteiger partial charge in [0.15, 0.2) is 0 Å². The number of hydrogen-bond donors (Lipinski definition) is 2. The minimum Gasteiger partial charge on any atom is -0.387 e. The fourth-order valence-electron chi connectivity index (χ4n) is 1.42. The van der Waals surface area contributed by atoms with Crippen molar-refractivity contribution in [3.8, 4) is 0 Å². The average Bonchev–Trinajstić information content (AvgIpc) is 1.83. The van der Waals surface area contributed by atoms with Gasteiger partial charge in [0.25, 0.3) is 0 Å². The maximum absolute atomic E-state index is 9.22. The molecule has 3 N–H and O–H groups in total. The Hall–Kier alpha value is -0.0800. The van der Waals surface area contributed by atoms with Gasteiger partial charge in [-0.3, -0.25) is 0 Å². The van der Waals surface area contributed by atoms with Gasteiger partial charge in [0, 0.05) is 6.04 Å². The van der Waals surface area contributed by atoms with Crippen molar-refractivity contribution in [1.82, 2.24) is 0 Å². The molecule has 1 aliphatic carbocycles. The van der Waals surface area contributed by atoms with Crippen molar-refractivity contribution in [2.24, 2.45) is 5.73 Å². The molecule has 2 heteroatoms. The van der Waals surface area contributed by atoms with Crippen LogP contribution in [0.4, 0.5) is 0 Å². The van der Waals surface area contributed by atoms with E-state index in [1.165, 1.54) is 12.8 Å². The van der Waals surface area contributed by atoms with E-state index in [0.29, 0.717) is 6.10 Å². The van der Waals surface area contributed by atoms with Gasteiger partial charge < -0.3 is 10.8 Å². The molecule has 0 aromatic heterocycles. The van der Waals surface area contributed by atoms with Crippen LogP contribution >= 0.6 is 0 Å². The third-order valence-electron chi connectivity index (χ3n) is 2.04. The first-order valence-electron chi connectivity index (χ1n) is 4.08. The Morgan fingerprint density at radius 1 is 1.17 bits per heavy atom. The average molecular weight is 174 g/mol. The third kappa shape index (κ3) is 5.56. The summed E-state index contributed by atoms with van der Waals surface area (Å²) in [5.41, 5.74) is 5.71. The van der Waals surface area contributed by atoms with Gasteiger partial charge >= 0.3 is 0 Å². The van der Waals surface area contributed by atoms with Crippen molar-refractivity contribution >= 4 is 0 Å². The number of hydrogen-bond acceptors (Lipinski definition) is 2. The molecule has 0 bridgehead atoms. The quantitative estimate of drug-likeness (QED) is 0.593. The topological polar surface area (TPSA) is 46.2 Å². The summed E-state index contributed by atoms with van der Waals surface area (Å²) in [6.45, 7) is 0. The molecule has 1 radical (unpaired) electrons. The first kappa shape index (κ1) is 14.4. The van der Waals surface area contributed by atoms with Crippen molar-refractivity contribution < 1.29 is 5.11 Å². The molecule has 1 fully saturated rings. The second-order valence-electron chi connectivity index (χ2n) is 3.13. The van der Waals surface area contributed by atoms with E-state index in [0.717, 1.165) is 25.7 Å². The number of aliphatic hydroxyl groups is 1. The summed E-state index contributed by atoms with van der Waals surface area (Å²) < 4.78 is 0. The van der Waals surface area contributed by atoms with Crippen molar-refractivity contribution in [2.45, 2.75) is 59.4 Å². The van der Waals surface area contributed by atoms with Crippen molar-refractivity contribution in [1.29, 1.82) is 0 Å². The number of aliphatic hydroxyl groups excluding tert-OH is 1. The monoisotopic (exact) mass is 174 g/mol. The molecule has 1 atom stereocenters. The smallest absolute Gasteiger partial charge is 0.0948 e. The molecule has 1 rings (SSSR count). The molecule has 0 heterocycles. The summed E-state index contributed by atoms with van der Waals surface area (Å²) in [6, 6.07) is 0.209. The van der Waals surface area contributed by atoms with Gasteiger partial charge in [-0.2, -0.15) is 0 Å². The third-order valence-corrected chi connectivity index (χ3v) is 2.04. The zero-order valence-electron chi connectivity index (χ0n) is 6.34. The molecule has 0 saturated heterocycles. The van der Waals surface area contributed by atoms with Crippen LogP contribution in [0, 0.1) is 6.10 Å². The minimum absolute atomic E-state index is 0. The first-order valence-corrected chi connectivity index (χ1v) is 4.08. The second-order valence-corrected chi connectivity index (χ2v) is 3.13. The highest BCUT2D eigenvalue weighted by Gasteiger charge is 2.13. The molecular formula is C10H24NO. The van der Waals surface area contributed by atoms with Gasteiger partial charge in [0.2, 0.25) is 0 Å². The van der Waals surface area contributed by atoms with Crippen LogP contribution in [0.3, 0.4) is 0 Å². The highest BCUT2D eigenvalue weighted by molar-refractivity contribution is 4.82. The molecule has 12 heavy (non-hydrogen) atoms. The lowest BCUT2D eigenvalue weighted by atomic mass is 9.95. The van der Waals surface area contributed by atoms with Gasteiger partial charge in [0.1, 0.15) is 0 Å². The zero-order chi connectivity index (χ0) is 7.40. The summed E-state index contributed by atoms with van der Waals surface area (Å²) in [6.07, 6.45) is 6.86. The van der Waals surface area contributed by atoms with E-state index in [-0.39, 0.29) is 20.9 Å². The van der Waals surface area contributed by atoms with E-state index in [2.05, 4.69) is 0 Å². The van der Waals surface area contributed by atoms with Crippen LogP contribution in [0.1, 0.15) is 53.4 Å². The molecular weight excluding hydrogens is 150 g/mol. The summed E-state index contributed by atoms with van der Waals surface area (Å²) in [4.78, 5) is 0. The molecule has 75 valence electrons. The van der Waals surface area contributed by atoms with Gasteiger partial charge in [0.05, 0.1) is 6.10 Å². The Morgan fingerprint density at radius 2 is 1.83 bits per heavy atom. The molecule has 0 spiro atoms.